The molecular formula is C31H48O5Si. The standard InChI is InChI=1S/C31H48O5Si/c1-9-27(21-32)30(35-23-26-15-17-28(33-6)18-16-26)24(2)29(36-37(7,8)31(3,4)5)19-20-34-22-25-13-11-10-12-14-25/h9-18,24,27,29-30,32H,1,19-23H2,2-8H3/t24-,27+,29+,30+/m1/s1. The quantitative estimate of drug-likeness (QED) is 0.144. The number of aliphatic hydroxyl groups excluding tert-OH is 1. The zero-order chi connectivity index (χ0) is 27.5. The van der Waals surface area contributed by atoms with Gasteiger partial charge in [0.1, 0.15) is 5.75 Å². The summed E-state index contributed by atoms with van der Waals surface area (Å²) in [6.45, 7) is 19.0. The van der Waals surface area contributed by atoms with Crippen LogP contribution in [-0.2, 0) is 27.1 Å². The first-order chi connectivity index (χ1) is 17.5. The van der Waals surface area contributed by atoms with Crippen LogP contribution in [0, 0.1) is 11.8 Å². The molecule has 0 heterocycles. The molecule has 5 nitrogen and oxygen atoms in total. The third kappa shape index (κ3) is 9.69. The first kappa shape index (κ1) is 31.3. The van der Waals surface area contributed by atoms with Gasteiger partial charge in [-0.15, -0.1) is 6.58 Å². The van der Waals surface area contributed by atoms with E-state index in [0.717, 1.165) is 23.3 Å². The Labute approximate surface area is 225 Å². The molecule has 0 unspecified atom stereocenters. The number of methoxy groups -OCH3 is 1. The Morgan fingerprint density at radius 3 is 2.14 bits per heavy atom. The number of aliphatic hydroxyl groups is 1. The van der Waals surface area contributed by atoms with Crippen LogP contribution in [0.4, 0.5) is 0 Å². The van der Waals surface area contributed by atoms with E-state index in [4.69, 9.17) is 18.6 Å². The number of rotatable bonds is 16. The molecule has 0 radical (unpaired) electrons. The van der Waals surface area contributed by atoms with Crippen LogP contribution in [-0.4, -0.2) is 46.0 Å². The van der Waals surface area contributed by atoms with Crippen LogP contribution in [0.2, 0.25) is 18.1 Å². The molecule has 0 bridgehead atoms. The fourth-order valence-electron chi connectivity index (χ4n) is 4.05. The molecule has 0 saturated heterocycles. The maximum absolute atomic E-state index is 10.2. The van der Waals surface area contributed by atoms with Gasteiger partial charge in [0.2, 0.25) is 0 Å². The predicted molar refractivity (Wildman–Crippen MR) is 154 cm³/mol. The number of ether oxygens (including phenoxy) is 3. The van der Waals surface area contributed by atoms with E-state index in [0.29, 0.717) is 19.8 Å². The van der Waals surface area contributed by atoms with Gasteiger partial charge in [0.25, 0.3) is 0 Å². The van der Waals surface area contributed by atoms with E-state index in [2.05, 4.69) is 59.5 Å². The Balaban J connectivity index is 2.19. The Morgan fingerprint density at radius 1 is 0.973 bits per heavy atom. The van der Waals surface area contributed by atoms with Crippen molar-refractivity contribution < 1.29 is 23.7 Å². The van der Waals surface area contributed by atoms with Gasteiger partial charge in [-0.25, -0.2) is 0 Å². The van der Waals surface area contributed by atoms with Crippen LogP contribution in [0.1, 0.15) is 45.2 Å². The summed E-state index contributed by atoms with van der Waals surface area (Å²) in [4.78, 5) is 0. The van der Waals surface area contributed by atoms with Crippen LogP contribution in [0.15, 0.2) is 67.3 Å². The summed E-state index contributed by atoms with van der Waals surface area (Å²) in [6.07, 6.45) is 2.21. The lowest BCUT2D eigenvalue weighted by atomic mass is 9.87. The maximum atomic E-state index is 10.2. The van der Waals surface area contributed by atoms with Crippen molar-refractivity contribution in [2.45, 2.75) is 77.7 Å². The predicted octanol–water partition coefficient (Wildman–Crippen LogP) is 7.01. The Kier molecular flexibility index (Phi) is 12.5. The second-order valence-electron chi connectivity index (χ2n) is 11.3. The largest absolute Gasteiger partial charge is 0.497 e. The van der Waals surface area contributed by atoms with Crippen molar-refractivity contribution >= 4 is 8.32 Å². The number of benzene rings is 2. The molecule has 206 valence electrons. The van der Waals surface area contributed by atoms with Gasteiger partial charge in [0.05, 0.1) is 39.1 Å². The van der Waals surface area contributed by atoms with E-state index in [1.165, 1.54) is 0 Å². The zero-order valence-electron chi connectivity index (χ0n) is 23.9. The second-order valence-corrected chi connectivity index (χ2v) is 16.1. The molecule has 2 aromatic carbocycles. The van der Waals surface area contributed by atoms with Gasteiger partial charge < -0.3 is 23.7 Å². The van der Waals surface area contributed by atoms with Gasteiger partial charge >= 0.3 is 0 Å². The molecule has 0 saturated carbocycles. The highest BCUT2D eigenvalue weighted by atomic mass is 28.4. The van der Waals surface area contributed by atoms with Gasteiger partial charge in [0, 0.05) is 18.4 Å². The molecule has 2 rings (SSSR count). The summed E-state index contributed by atoms with van der Waals surface area (Å²) >= 11 is 0. The molecule has 1 N–H and O–H groups in total. The molecule has 0 spiro atoms. The fraction of sp³-hybridized carbons (Fsp3) is 0.548. The highest BCUT2D eigenvalue weighted by Crippen LogP contribution is 2.39. The van der Waals surface area contributed by atoms with E-state index in [1.807, 2.05) is 42.5 Å². The molecule has 0 amide bonds. The monoisotopic (exact) mass is 528 g/mol. The maximum Gasteiger partial charge on any atom is 0.192 e. The van der Waals surface area contributed by atoms with Crippen molar-refractivity contribution in [3.8, 4) is 5.75 Å². The normalized spacial score (nSPS) is 15.6. The molecule has 2 aromatic rings. The van der Waals surface area contributed by atoms with E-state index < -0.39 is 8.32 Å². The van der Waals surface area contributed by atoms with Gasteiger partial charge in [-0.1, -0.05) is 76.2 Å². The molecule has 0 fully saturated rings. The lowest BCUT2D eigenvalue weighted by Crippen LogP contribution is -2.49. The van der Waals surface area contributed by atoms with Crippen molar-refractivity contribution in [2.75, 3.05) is 20.3 Å². The first-order valence-corrected chi connectivity index (χ1v) is 16.2. The summed E-state index contributed by atoms with van der Waals surface area (Å²) in [5, 5.41) is 10.2. The van der Waals surface area contributed by atoms with Crippen molar-refractivity contribution in [2.24, 2.45) is 11.8 Å². The summed E-state index contributed by atoms with van der Waals surface area (Å²) < 4.78 is 24.8. The Morgan fingerprint density at radius 2 is 1.59 bits per heavy atom. The molecule has 0 aliphatic rings. The summed E-state index contributed by atoms with van der Waals surface area (Å²) in [7, 11) is -0.409. The number of hydrogen-bond donors (Lipinski definition) is 1. The van der Waals surface area contributed by atoms with Crippen molar-refractivity contribution in [3.05, 3.63) is 78.4 Å². The van der Waals surface area contributed by atoms with Gasteiger partial charge in [-0.2, -0.15) is 0 Å². The highest BCUT2D eigenvalue weighted by molar-refractivity contribution is 6.74. The van der Waals surface area contributed by atoms with E-state index >= 15 is 0 Å². The van der Waals surface area contributed by atoms with Gasteiger partial charge in [-0.05, 0) is 47.8 Å². The third-order valence-electron chi connectivity index (χ3n) is 7.55. The van der Waals surface area contributed by atoms with Gasteiger partial charge in [0.15, 0.2) is 8.32 Å². The Hall–Kier alpha value is -1.96. The molecule has 37 heavy (non-hydrogen) atoms. The molecule has 0 aromatic heterocycles. The topological polar surface area (TPSA) is 57.2 Å². The minimum absolute atomic E-state index is 0.0165. The van der Waals surface area contributed by atoms with Crippen LogP contribution in [0.5, 0.6) is 5.75 Å². The number of hydrogen-bond acceptors (Lipinski definition) is 5. The minimum Gasteiger partial charge on any atom is -0.497 e. The average molecular weight is 529 g/mol. The minimum atomic E-state index is -2.07. The van der Waals surface area contributed by atoms with E-state index in [9.17, 15) is 5.11 Å². The Bertz CT molecular complexity index is 907. The SMILES string of the molecule is C=C[C@@H](CO)[C@@H](OCc1ccc(OC)cc1)[C@H](C)[C@H](CCOCc1ccccc1)O[Si](C)(C)C(C)(C)C. The second kappa shape index (κ2) is 14.8. The van der Waals surface area contributed by atoms with Crippen LogP contribution >= 0.6 is 0 Å². The van der Waals surface area contributed by atoms with Crippen molar-refractivity contribution in [1.29, 1.82) is 0 Å². The highest BCUT2D eigenvalue weighted by Gasteiger charge is 2.42. The zero-order valence-corrected chi connectivity index (χ0v) is 24.9. The molecule has 0 aliphatic carbocycles. The lowest BCUT2D eigenvalue weighted by molar-refractivity contribution is -0.0702. The van der Waals surface area contributed by atoms with E-state index in [-0.39, 0.29) is 35.7 Å². The smallest absolute Gasteiger partial charge is 0.192 e. The van der Waals surface area contributed by atoms with E-state index in [1.54, 1.807) is 13.2 Å². The van der Waals surface area contributed by atoms with Crippen LogP contribution < -0.4 is 4.74 Å². The fourth-order valence-corrected chi connectivity index (χ4v) is 5.49. The van der Waals surface area contributed by atoms with Gasteiger partial charge in [-0.3, -0.25) is 0 Å². The molecule has 0 aliphatic heterocycles. The average Bonchev–Trinajstić information content (AvgIpc) is 2.88. The summed E-state index contributed by atoms with van der Waals surface area (Å²) in [6, 6.07) is 18.1. The summed E-state index contributed by atoms with van der Waals surface area (Å²) in [5.41, 5.74) is 2.21. The lowest BCUT2D eigenvalue weighted by Gasteiger charge is -2.43. The third-order valence-corrected chi connectivity index (χ3v) is 12.1. The molecule has 4 atom stereocenters. The van der Waals surface area contributed by atoms with Crippen LogP contribution in [0.25, 0.3) is 0 Å². The molecular weight excluding hydrogens is 480 g/mol. The van der Waals surface area contributed by atoms with Crippen molar-refractivity contribution in [1.82, 2.24) is 0 Å². The van der Waals surface area contributed by atoms with Crippen LogP contribution in [0.3, 0.4) is 0 Å². The first-order valence-electron chi connectivity index (χ1n) is 13.3. The van der Waals surface area contributed by atoms with Crippen molar-refractivity contribution in [3.63, 3.8) is 0 Å². The molecule has 6 heteroatoms. The summed E-state index contributed by atoms with van der Waals surface area (Å²) in [5.74, 6) is 0.623.